The number of benzene rings is 1. The van der Waals surface area contributed by atoms with Crippen molar-refractivity contribution in [3.8, 4) is 0 Å². The molecule has 5 heteroatoms. The molecule has 0 fully saturated rings. The number of nitrogens with two attached hydrogens (primary N) is 1. The number of nitrogens with one attached hydrogen (secondary N) is 1. The first-order valence-corrected chi connectivity index (χ1v) is 6.21. The summed E-state index contributed by atoms with van der Waals surface area (Å²) in [6, 6.07) is 7.00. The Balaban J connectivity index is 2.26. The Morgan fingerprint density at radius 2 is 2.25 bits per heavy atom. The van der Waals surface area contributed by atoms with Crippen LogP contribution in [-0.2, 0) is 11.2 Å². The van der Waals surface area contributed by atoms with Crippen molar-refractivity contribution < 1.29 is 9.21 Å². The zero-order chi connectivity index (χ0) is 14.7. The van der Waals surface area contributed by atoms with Crippen molar-refractivity contribution in [3.05, 3.63) is 58.5 Å². The van der Waals surface area contributed by atoms with Crippen LogP contribution in [0.2, 0.25) is 0 Å². The largest absolute Gasteiger partial charge is 0.423 e. The van der Waals surface area contributed by atoms with E-state index in [2.05, 4.69) is 11.9 Å². The Kier molecular flexibility index (Phi) is 4.00. The fourth-order valence-electron chi connectivity index (χ4n) is 2.04. The number of rotatable bonds is 4. The standard InChI is InChI=1S/C15H16N2O3/c1-3-14(18)17-13(16)8-10-4-5-11-9(2)6-15(19)20-12(11)7-10/h3-7,13H,1,8,16H2,2H3,(H,17,18). The van der Waals surface area contributed by atoms with Crippen LogP contribution in [0.3, 0.4) is 0 Å². The molecule has 104 valence electrons. The molecule has 20 heavy (non-hydrogen) atoms. The van der Waals surface area contributed by atoms with Crippen molar-refractivity contribution in [3.63, 3.8) is 0 Å². The highest BCUT2D eigenvalue weighted by Gasteiger charge is 2.08. The van der Waals surface area contributed by atoms with Gasteiger partial charge < -0.3 is 15.5 Å². The van der Waals surface area contributed by atoms with Crippen LogP contribution in [0.1, 0.15) is 11.1 Å². The Morgan fingerprint density at radius 3 is 2.95 bits per heavy atom. The smallest absolute Gasteiger partial charge is 0.336 e. The minimum atomic E-state index is -0.519. The van der Waals surface area contributed by atoms with Crippen molar-refractivity contribution in [2.75, 3.05) is 0 Å². The Hall–Kier alpha value is -2.40. The van der Waals surface area contributed by atoms with Crippen molar-refractivity contribution >= 4 is 16.9 Å². The Labute approximate surface area is 116 Å². The normalized spacial score (nSPS) is 12.1. The van der Waals surface area contributed by atoms with Gasteiger partial charge in [-0.1, -0.05) is 18.7 Å². The molecule has 3 N–H and O–H groups in total. The monoisotopic (exact) mass is 272 g/mol. The van der Waals surface area contributed by atoms with E-state index >= 15 is 0 Å². The van der Waals surface area contributed by atoms with Gasteiger partial charge in [0.1, 0.15) is 5.58 Å². The summed E-state index contributed by atoms with van der Waals surface area (Å²) in [6.07, 6.45) is 1.09. The predicted molar refractivity (Wildman–Crippen MR) is 77.2 cm³/mol. The predicted octanol–water partition coefficient (Wildman–Crippen LogP) is 1.23. The molecule has 1 amide bonds. The molecule has 1 atom stereocenters. The minimum Gasteiger partial charge on any atom is -0.423 e. The highest BCUT2D eigenvalue weighted by Crippen LogP contribution is 2.18. The molecule has 0 aliphatic rings. The fourth-order valence-corrected chi connectivity index (χ4v) is 2.04. The third-order valence-corrected chi connectivity index (χ3v) is 2.98. The van der Waals surface area contributed by atoms with Crippen molar-refractivity contribution in [2.45, 2.75) is 19.5 Å². The van der Waals surface area contributed by atoms with Gasteiger partial charge in [-0.3, -0.25) is 4.79 Å². The molecule has 1 unspecified atom stereocenters. The van der Waals surface area contributed by atoms with Crippen LogP contribution in [0.5, 0.6) is 0 Å². The van der Waals surface area contributed by atoms with Gasteiger partial charge in [0.05, 0.1) is 6.17 Å². The van der Waals surface area contributed by atoms with Crippen molar-refractivity contribution in [2.24, 2.45) is 5.73 Å². The molecule has 0 radical (unpaired) electrons. The average molecular weight is 272 g/mol. The number of hydrogen-bond donors (Lipinski definition) is 2. The molecule has 0 saturated heterocycles. The molecule has 5 nitrogen and oxygen atoms in total. The molecule has 0 saturated carbocycles. The molecule has 0 aliphatic heterocycles. The van der Waals surface area contributed by atoms with Gasteiger partial charge in [0.15, 0.2) is 0 Å². The number of hydrogen-bond acceptors (Lipinski definition) is 4. The lowest BCUT2D eigenvalue weighted by atomic mass is 10.1. The third-order valence-electron chi connectivity index (χ3n) is 2.98. The molecule has 0 aliphatic carbocycles. The zero-order valence-corrected chi connectivity index (χ0v) is 11.2. The van der Waals surface area contributed by atoms with Gasteiger partial charge in [0, 0.05) is 17.9 Å². The maximum atomic E-state index is 11.4. The second kappa shape index (κ2) is 5.71. The Morgan fingerprint density at radius 1 is 1.50 bits per heavy atom. The maximum absolute atomic E-state index is 11.4. The van der Waals surface area contributed by atoms with Crippen molar-refractivity contribution in [1.29, 1.82) is 0 Å². The second-order valence-corrected chi connectivity index (χ2v) is 4.60. The van der Waals surface area contributed by atoms with E-state index in [0.717, 1.165) is 16.5 Å². The second-order valence-electron chi connectivity index (χ2n) is 4.60. The maximum Gasteiger partial charge on any atom is 0.336 e. The van der Waals surface area contributed by atoms with Gasteiger partial charge in [-0.25, -0.2) is 4.79 Å². The summed E-state index contributed by atoms with van der Waals surface area (Å²) >= 11 is 0. The number of fused-ring (bicyclic) bond motifs is 1. The molecular weight excluding hydrogens is 256 g/mol. The van der Waals surface area contributed by atoms with E-state index in [0.29, 0.717) is 12.0 Å². The lowest BCUT2D eigenvalue weighted by molar-refractivity contribution is -0.117. The first-order valence-electron chi connectivity index (χ1n) is 6.21. The van der Waals surface area contributed by atoms with E-state index in [4.69, 9.17) is 10.2 Å². The van der Waals surface area contributed by atoms with Gasteiger partial charge >= 0.3 is 5.63 Å². The summed E-state index contributed by atoms with van der Waals surface area (Å²) in [4.78, 5) is 22.5. The molecule has 2 rings (SSSR count). The molecule has 1 aromatic carbocycles. The lowest BCUT2D eigenvalue weighted by Gasteiger charge is -2.13. The van der Waals surface area contributed by atoms with E-state index in [1.54, 1.807) is 6.07 Å². The molecule has 0 spiro atoms. The van der Waals surface area contributed by atoms with Crippen LogP contribution < -0.4 is 16.7 Å². The van der Waals surface area contributed by atoms with E-state index in [-0.39, 0.29) is 11.5 Å². The third kappa shape index (κ3) is 3.13. The minimum absolute atomic E-state index is 0.319. The number of amides is 1. The average Bonchev–Trinajstić information content (AvgIpc) is 2.37. The number of carbonyl (C=O) groups excluding carboxylic acids is 1. The summed E-state index contributed by atoms with van der Waals surface area (Å²) in [5, 5.41) is 3.46. The van der Waals surface area contributed by atoms with Crippen LogP contribution in [0.4, 0.5) is 0 Å². The van der Waals surface area contributed by atoms with Gasteiger partial charge in [-0.15, -0.1) is 0 Å². The van der Waals surface area contributed by atoms with Gasteiger partial charge in [-0.2, -0.15) is 0 Å². The van der Waals surface area contributed by atoms with E-state index in [1.807, 2.05) is 19.1 Å². The topological polar surface area (TPSA) is 85.3 Å². The van der Waals surface area contributed by atoms with Crippen molar-refractivity contribution in [1.82, 2.24) is 5.32 Å². The van der Waals surface area contributed by atoms with E-state index < -0.39 is 6.17 Å². The highest BCUT2D eigenvalue weighted by molar-refractivity contribution is 5.87. The molecule has 0 bridgehead atoms. The van der Waals surface area contributed by atoms with Crippen LogP contribution in [0, 0.1) is 6.92 Å². The lowest BCUT2D eigenvalue weighted by Crippen LogP contribution is -2.42. The number of carbonyl (C=O) groups is 1. The SMILES string of the molecule is C=CC(=O)NC(N)Cc1ccc2c(C)cc(=O)oc2c1. The van der Waals surface area contributed by atoms with Gasteiger partial charge in [0.25, 0.3) is 0 Å². The van der Waals surface area contributed by atoms with E-state index in [1.165, 1.54) is 12.1 Å². The summed E-state index contributed by atoms with van der Waals surface area (Å²) in [7, 11) is 0. The summed E-state index contributed by atoms with van der Waals surface area (Å²) in [6.45, 7) is 5.22. The number of aryl methyl sites for hydroxylation is 1. The van der Waals surface area contributed by atoms with E-state index in [9.17, 15) is 9.59 Å². The molecular formula is C15H16N2O3. The summed E-state index contributed by atoms with van der Waals surface area (Å²) < 4.78 is 5.17. The highest BCUT2D eigenvalue weighted by atomic mass is 16.4. The molecule has 2 aromatic rings. The summed E-state index contributed by atoms with van der Waals surface area (Å²) in [5.41, 5.74) is 7.70. The van der Waals surface area contributed by atoms with Gasteiger partial charge in [-0.05, 0) is 30.2 Å². The fraction of sp³-hybridized carbons (Fsp3) is 0.200. The first kappa shape index (κ1) is 14.0. The van der Waals surface area contributed by atoms with Crippen LogP contribution in [-0.4, -0.2) is 12.1 Å². The Bertz CT molecular complexity index is 719. The van der Waals surface area contributed by atoms with Gasteiger partial charge in [0.2, 0.25) is 5.91 Å². The quantitative estimate of drug-likeness (QED) is 0.498. The zero-order valence-electron chi connectivity index (χ0n) is 11.2. The molecule has 1 heterocycles. The van der Waals surface area contributed by atoms with Crippen LogP contribution in [0.15, 0.2) is 46.1 Å². The van der Waals surface area contributed by atoms with Crippen LogP contribution >= 0.6 is 0 Å². The molecule has 1 aromatic heterocycles. The first-order chi connectivity index (χ1) is 9.49. The van der Waals surface area contributed by atoms with Crippen LogP contribution in [0.25, 0.3) is 11.0 Å². The summed E-state index contributed by atoms with van der Waals surface area (Å²) in [5.74, 6) is -0.319.